The van der Waals surface area contributed by atoms with Crippen molar-refractivity contribution in [2.75, 3.05) is 27.9 Å². The van der Waals surface area contributed by atoms with Gasteiger partial charge in [0.05, 0.1) is 33.0 Å². The van der Waals surface area contributed by atoms with Gasteiger partial charge in [-0.3, -0.25) is 4.79 Å². The van der Waals surface area contributed by atoms with E-state index in [1.807, 2.05) is 65.0 Å². The number of hydrogen-bond donors (Lipinski definition) is 5. The summed E-state index contributed by atoms with van der Waals surface area (Å²) in [6.45, 7) is 10.9. The summed E-state index contributed by atoms with van der Waals surface area (Å²) in [6, 6.07) is 0. The fraction of sp³-hybridized carbons (Fsp3) is 0.594. The van der Waals surface area contributed by atoms with Crippen LogP contribution in [0.25, 0.3) is 0 Å². The molecule has 0 aromatic carbocycles. The maximum Gasteiger partial charge on any atom is 0.238 e. The summed E-state index contributed by atoms with van der Waals surface area (Å²) in [7, 11) is 4.51. The first-order valence-electron chi connectivity index (χ1n) is 14.3. The first-order chi connectivity index (χ1) is 20.3. The molecule has 0 aliphatic carbocycles. The molecule has 8 atom stereocenters. The van der Waals surface area contributed by atoms with Crippen LogP contribution in [0.5, 0.6) is 11.6 Å². The van der Waals surface area contributed by atoms with E-state index in [4.69, 9.17) is 23.7 Å². The third-order valence-electron chi connectivity index (χ3n) is 7.82. The highest BCUT2D eigenvalue weighted by Gasteiger charge is 2.45. The molecule has 8 unspecified atom stereocenters. The van der Waals surface area contributed by atoms with Gasteiger partial charge in [0.15, 0.2) is 6.29 Å². The predicted molar refractivity (Wildman–Crippen MR) is 163 cm³/mol. The fourth-order valence-electron chi connectivity index (χ4n) is 5.00. The molecule has 2 rings (SSSR count). The normalized spacial score (nSPS) is 26.0. The average Bonchev–Trinajstić information content (AvgIpc) is 2.99. The lowest BCUT2D eigenvalue weighted by atomic mass is 9.94. The number of nitrogens with one attached hydrogen (secondary N) is 1. The molecule has 0 bridgehead atoms. The van der Waals surface area contributed by atoms with Gasteiger partial charge < -0.3 is 49.1 Å². The van der Waals surface area contributed by atoms with Crippen molar-refractivity contribution in [1.82, 2.24) is 4.98 Å². The average molecular weight is 608 g/mol. The van der Waals surface area contributed by atoms with Gasteiger partial charge in [-0.2, -0.15) is 0 Å². The van der Waals surface area contributed by atoms with Crippen molar-refractivity contribution in [2.45, 2.75) is 90.9 Å². The molecule has 1 aromatic heterocycles. The standard InChI is InChI=1S/C32H49NO10/c1-10-18(3)29(43-32-28(38)27(37)26(36)24(16-34)42-32)20(5)14-17(2)12-11-13-19(4)23(39-7)15-22-21(6)25(35)30(40-8)31(33-22)41-9/h10-14,20,23-24,26-29,32,34,36-38H,15-16H2,1-9H3,(H,33,35). The van der Waals surface area contributed by atoms with Gasteiger partial charge in [-0.15, -0.1) is 0 Å². The van der Waals surface area contributed by atoms with E-state index in [0.717, 1.165) is 16.7 Å². The maximum atomic E-state index is 12.7. The summed E-state index contributed by atoms with van der Waals surface area (Å²) in [5, 5.41) is 40.2. The van der Waals surface area contributed by atoms with Crippen LogP contribution in [0, 0.1) is 12.8 Å². The minimum Gasteiger partial charge on any atom is -0.488 e. The maximum absolute atomic E-state index is 12.7. The summed E-state index contributed by atoms with van der Waals surface area (Å²) in [5.41, 5.74) is 3.79. The highest BCUT2D eigenvalue weighted by molar-refractivity contribution is 5.40. The van der Waals surface area contributed by atoms with Crippen LogP contribution in [0.3, 0.4) is 0 Å². The predicted octanol–water partition coefficient (Wildman–Crippen LogP) is 2.49. The SMILES string of the molecule is CC=C(C)C(OC1OC(CO)C(O)C(O)C1O)C(C)C=C(C)C=CC=C(C)C(Cc1[nH]c(OC)c(OC)c(=O)c1C)OC. The zero-order chi connectivity index (χ0) is 32.4. The fourth-order valence-corrected chi connectivity index (χ4v) is 5.00. The van der Waals surface area contributed by atoms with Crippen molar-refractivity contribution < 1.29 is 44.1 Å². The lowest BCUT2D eigenvalue weighted by Gasteiger charge is -2.41. The Balaban J connectivity index is 2.19. The van der Waals surface area contributed by atoms with Crippen molar-refractivity contribution in [3.8, 4) is 11.6 Å². The molecular formula is C32H49NO10. The number of ether oxygens (including phenoxy) is 5. The number of aromatic nitrogens is 1. The topological polar surface area (TPSA) is 160 Å². The van der Waals surface area contributed by atoms with E-state index in [1.165, 1.54) is 14.2 Å². The lowest BCUT2D eigenvalue weighted by Crippen LogP contribution is -2.60. The molecule has 0 radical (unpaired) electrons. The molecule has 2 heterocycles. The third-order valence-corrected chi connectivity index (χ3v) is 7.82. The van der Waals surface area contributed by atoms with E-state index in [9.17, 15) is 25.2 Å². The first-order valence-corrected chi connectivity index (χ1v) is 14.3. The Morgan fingerprint density at radius 1 is 1.05 bits per heavy atom. The van der Waals surface area contributed by atoms with Crippen molar-refractivity contribution in [3.05, 3.63) is 68.6 Å². The van der Waals surface area contributed by atoms with Crippen LogP contribution in [0.4, 0.5) is 0 Å². The number of allylic oxidation sites excluding steroid dienone is 5. The molecule has 43 heavy (non-hydrogen) atoms. The van der Waals surface area contributed by atoms with Gasteiger partial charge >= 0.3 is 0 Å². The minimum atomic E-state index is -1.51. The van der Waals surface area contributed by atoms with Crippen LogP contribution in [0.2, 0.25) is 0 Å². The molecule has 11 nitrogen and oxygen atoms in total. The van der Waals surface area contributed by atoms with Crippen LogP contribution in [0.1, 0.15) is 45.9 Å². The number of H-pyrrole nitrogens is 1. The second kappa shape index (κ2) is 16.9. The third kappa shape index (κ3) is 9.12. The zero-order valence-electron chi connectivity index (χ0n) is 26.7. The molecular weight excluding hydrogens is 558 g/mol. The van der Waals surface area contributed by atoms with Crippen molar-refractivity contribution in [3.63, 3.8) is 0 Å². The number of aliphatic hydroxyl groups excluding tert-OH is 4. The molecule has 5 N–H and O–H groups in total. The van der Waals surface area contributed by atoms with Crippen LogP contribution in [0.15, 0.2) is 51.9 Å². The lowest BCUT2D eigenvalue weighted by molar-refractivity contribution is -0.310. The molecule has 1 aliphatic rings. The van der Waals surface area contributed by atoms with Gasteiger partial charge in [-0.1, -0.05) is 42.9 Å². The zero-order valence-corrected chi connectivity index (χ0v) is 26.7. The smallest absolute Gasteiger partial charge is 0.238 e. The van der Waals surface area contributed by atoms with Crippen molar-refractivity contribution in [2.24, 2.45) is 5.92 Å². The highest BCUT2D eigenvalue weighted by Crippen LogP contribution is 2.28. The Morgan fingerprint density at radius 3 is 2.28 bits per heavy atom. The number of aliphatic hydroxyl groups is 4. The second-order valence-corrected chi connectivity index (χ2v) is 10.9. The highest BCUT2D eigenvalue weighted by atomic mass is 16.7. The van der Waals surface area contributed by atoms with Gasteiger partial charge in [0.1, 0.15) is 24.4 Å². The van der Waals surface area contributed by atoms with Crippen LogP contribution in [-0.4, -0.2) is 96.3 Å². The van der Waals surface area contributed by atoms with E-state index in [1.54, 1.807) is 14.0 Å². The molecule has 11 heteroatoms. The van der Waals surface area contributed by atoms with Gasteiger partial charge in [0.25, 0.3) is 0 Å². The Bertz CT molecular complexity index is 1230. The number of methoxy groups -OCH3 is 3. The van der Waals surface area contributed by atoms with Crippen molar-refractivity contribution in [1.29, 1.82) is 0 Å². The monoisotopic (exact) mass is 607 g/mol. The van der Waals surface area contributed by atoms with E-state index in [0.29, 0.717) is 17.7 Å². The number of pyridine rings is 1. The first kappa shape index (κ1) is 36.4. The summed E-state index contributed by atoms with van der Waals surface area (Å²) in [4.78, 5) is 15.9. The molecule has 1 aliphatic heterocycles. The summed E-state index contributed by atoms with van der Waals surface area (Å²) >= 11 is 0. The van der Waals surface area contributed by atoms with Crippen molar-refractivity contribution >= 4 is 0 Å². The number of aromatic amines is 1. The molecule has 1 aromatic rings. The largest absolute Gasteiger partial charge is 0.488 e. The number of hydrogen-bond acceptors (Lipinski definition) is 10. The van der Waals surface area contributed by atoms with Crippen LogP contribution < -0.4 is 14.9 Å². The van der Waals surface area contributed by atoms with E-state index >= 15 is 0 Å². The van der Waals surface area contributed by atoms with Gasteiger partial charge in [0.2, 0.25) is 17.1 Å². The van der Waals surface area contributed by atoms with Crippen LogP contribution >= 0.6 is 0 Å². The molecule has 1 saturated heterocycles. The van der Waals surface area contributed by atoms with Gasteiger partial charge in [0, 0.05) is 30.7 Å². The Morgan fingerprint density at radius 2 is 1.72 bits per heavy atom. The van der Waals surface area contributed by atoms with E-state index < -0.39 is 43.4 Å². The molecule has 0 amide bonds. The Labute approximate surface area is 254 Å². The van der Waals surface area contributed by atoms with Crippen LogP contribution in [-0.2, 0) is 20.6 Å². The van der Waals surface area contributed by atoms with E-state index in [-0.39, 0.29) is 29.1 Å². The summed E-state index contributed by atoms with van der Waals surface area (Å²) in [5.74, 6) is 0.242. The molecule has 0 saturated carbocycles. The Hall–Kier alpha value is -2.77. The second-order valence-electron chi connectivity index (χ2n) is 10.9. The van der Waals surface area contributed by atoms with Gasteiger partial charge in [-0.05, 0) is 45.8 Å². The molecule has 242 valence electrons. The van der Waals surface area contributed by atoms with E-state index in [2.05, 4.69) is 4.98 Å². The Kier molecular flexibility index (Phi) is 14.3. The molecule has 0 spiro atoms. The quantitative estimate of drug-likeness (QED) is 0.157. The van der Waals surface area contributed by atoms with Gasteiger partial charge in [-0.25, -0.2) is 0 Å². The summed E-state index contributed by atoms with van der Waals surface area (Å²) < 4.78 is 27.9. The summed E-state index contributed by atoms with van der Waals surface area (Å²) in [6.07, 6.45) is 2.63. The minimum absolute atomic E-state index is 0.134. The number of rotatable bonds is 14. The molecule has 1 fully saturated rings.